The number of hydrogen-bond donors (Lipinski definition) is 2. The van der Waals surface area contributed by atoms with E-state index in [0.29, 0.717) is 18.2 Å². The first-order valence-corrected chi connectivity index (χ1v) is 6.97. The van der Waals surface area contributed by atoms with E-state index in [-0.39, 0.29) is 6.04 Å². The number of rotatable bonds is 7. The van der Waals surface area contributed by atoms with Crippen molar-refractivity contribution >= 4 is 0 Å². The van der Waals surface area contributed by atoms with E-state index in [2.05, 4.69) is 34.3 Å². The number of hydrazine groups is 1. The molecule has 0 fully saturated rings. The fraction of sp³-hybridized carbons (Fsp3) is 0.500. The summed E-state index contributed by atoms with van der Waals surface area (Å²) in [5.74, 6) is 7.66. The van der Waals surface area contributed by atoms with E-state index < -0.39 is 0 Å². The molecule has 7 heteroatoms. The zero-order valence-corrected chi connectivity index (χ0v) is 12.7. The Hall–Kier alpha value is -1.99. The summed E-state index contributed by atoms with van der Waals surface area (Å²) in [7, 11) is 1.60. The number of aromatic nitrogens is 4. The predicted molar refractivity (Wildman–Crippen MR) is 79.4 cm³/mol. The maximum Gasteiger partial charge on any atom is 0.217 e. The van der Waals surface area contributed by atoms with Gasteiger partial charge in [0.1, 0.15) is 12.2 Å². The number of hydrogen-bond acceptors (Lipinski definition) is 6. The molecule has 1 unspecified atom stereocenters. The van der Waals surface area contributed by atoms with Crippen LogP contribution in [0.1, 0.15) is 31.3 Å². The molecule has 2 aromatic heterocycles. The minimum Gasteiger partial charge on any atom is -0.481 e. The minimum atomic E-state index is -0.135. The summed E-state index contributed by atoms with van der Waals surface area (Å²) in [6.45, 7) is 5.12. The molecule has 0 aliphatic heterocycles. The van der Waals surface area contributed by atoms with Crippen molar-refractivity contribution in [2.75, 3.05) is 7.11 Å². The summed E-state index contributed by atoms with van der Waals surface area (Å²) in [4.78, 5) is 8.54. The third-order valence-electron chi connectivity index (χ3n) is 3.19. The fourth-order valence-electron chi connectivity index (χ4n) is 2.22. The maximum absolute atomic E-state index is 5.71. The van der Waals surface area contributed by atoms with Crippen molar-refractivity contribution < 1.29 is 4.74 Å². The molecular weight excluding hydrogens is 268 g/mol. The van der Waals surface area contributed by atoms with Gasteiger partial charge in [0.2, 0.25) is 5.88 Å². The number of pyridine rings is 1. The quantitative estimate of drug-likeness (QED) is 0.586. The molecule has 0 saturated heterocycles. The van der Waals surface area contributed by atoms with Crippen LogP contribution in [0.15, 0.2) is 24.7 Å². The van der Waals surface area contributed by atoms with E-state index in [4.69, 9.17) is 10.6 Å². The molecule has 0 aromatic carbocycles. The van der Waals surface area contributed by atoms with Gasteiger partial charge >= 0.3 is 0 Å². The first kappa shape index (κ1) is 15.4. The Morgan fingerprint density at radius 1 is 1.38 bits per heavy atom. The van der Waals surface area contributed by atoms with Gasteiger partial charge in [0.25, 0.3) is 0 Å². The van der Waals surface area contributed by atoms with Crippen molar-refractivity contribution in [3.05, 3.63) is 36.0 Å². The molecular formula is C14H22N6O. The molecule has 0 aliphatic carbocycles. The van der Waals surface area contributed by atoms with Gasteiger partial charge in [0.15, 0.2) is 0 Å². The van der Waals surface area contributed by atoms with Crippen LogP contribution < -0.4 is 16.0 Å². The number of nitrogens with zero attached hydrogens (tertiary/aromatic N) is 4. The first-order valence-electron chi connectivity index (χ1n) is 6.97. The van der Waals surface area contributed by atoms with Gasteiger partial charge in [-0.25, -0.2) is 14.6 Å². The van der Waals surface area contributed by atoms with Crippen LogP contribution in [-0.4, -0.2) is 26.9 Å². The highest BCUT2D eigenvalue weighted by Gasteiger charge is 2.19. The van der Waals surface area contributed by atoms with Crippen LogP contribution in [0.25, 0.3) is 0 Å². The monoisotopic (exact) mass is 290 g/mol. The summed E-state index contributed by atoms with van der Waals surface area (Å²) >= 11 is 0. The van der Waals surface area contributed by atoms with Crippen molar-refractivity contribution in [2.45, 2.75) is 32.9 Å². The number of ether oxygens (including phenoxy) is 1. The van der Waals surface area contributed by atoms with Gasteiger partial charge in [-0.3, -0.25) is 11.3 Å². The summed E-state index contributed by atoms with van der Waals surface area (Å²) in [5.41, 5.74) is 3.72. The van der Waals surface area contributed by atoms with Crippen LogP contribution in [-0.2, 0) is 13.0 Å². The number of nitrogens with one attached hydrogen (secondary N) is 1. The molecule has 2 aromatic rings. The van der Waals surface area contributed by atoms with E-state index in [1.54, 1.807) is 19.6 Å². The zero-order valence-electron chi connectivity index (χ0n) is 12.7. The normalized spacial score (nSPS) is 12.6. The van der Waals surface area contributed by atoms with Crippen molar-refractivity contribution in [3.8, 4) is 5.88 Å². The molecule has 0 aliphatic rings. The summed E-state index contributed by atoms with van der Waals surface area (Å²) in [6.07, 6.45) is 3.88. The van der Waals surface area contributed by atoms with Crippen LogP contribution in [0.4, 0.5) is 0 Å². The maximum atomic E-state index is 5.71. The van der Waals surface area contributed by atoms with E-state index in [1.165, 1.54) is 0 Å². The second kappa shape index (κ2) is 7.14. The molecule has 7 nitrogen and oxygen atoms in total. The minimum absolute atomic E-state index is 0.135. The lowest BCUT2D eigenvalue weighted by Crippen LogP contribution is -2.31. The predicted octanol–water partition coefficient (Wildman–Crippen LogP) is 1.08. The van der Waals surface area contributed by atoms with Crippen LogP contribution in [0.5, 0.6) is 5.88 Å². The standard InChI is InChI=1S/C14H22N6O/c1-10(2)8-20-13(17-9-18-20)7-12(19-15)11-5-4-6-16-14(11)21-3/h4-6,9-10,12,19H,7-8,15H2,1-3H3. The van der Waals surface area contributed by atoms with E-state index in [0.717, 1.165) is 17.9 Å². The van der Waals surface area contributed by atoms with Gasteiger partial charge in [-0.2, -0.15) is 5.10 Å². The topological polar surface area (TPSA) is 90.9 Å². The molecule has 0 amide bonds. The molecule has 0 saturated carbocycles. The van der Waals surface area contributed by atoms with Crippen LogP contribution in [0.3, 0.4) is 0 Å². The molecule has 2 rings (SSSR count). The van der Waals surface area contributed by atoms with Gasteiger partial charge in [0, 0.05) is 24.7 Å². The van der Waals surface area contributed by atoms with Crippen molar-refractivity contribution in [1.29, 1.82) is 0 Å². The summed E-state index contributed by atoms with van der Waals surface area (Å²) < 4.78 is 7.21. The third-order valence-corrected chi connectivity index (χ3v) is 3.19. The Labute approximate surface area is 124 Å². The highest BCUT2D eigenvalue weighted by molar-refractivity contribution is 5.29. The molecule has 0 bridgehead atoms. The molecule has 0 spiro atoms. The molecule has 0 radical (unpaired) electrons. The lowest BCUT2D eigenvalue weighted by atomic mass is 10.1. The SMILES string of the molecule is COc1ncccc1C(Cc1ncnn1CC(C)C)NN. The molecule has 2 heterocycles. The second-order valence-electron chi connectivity index (χ2n) is 5.28. The lowest BCUT2D eigenvalue weighted by Gasteiger charge is -2.18. The highest BCUT2D eigenvalue weighted by atomic mass is 16.5. The van der Waals surface area contributed by atoms with E-state index in [9.17, 15) is 0 Å². The fourth-order valence-corrected chi connectivity index (χ4v) is 2.22. The second-order valence-corrected chi connectivity index (χ2v) is 5.28. The Kier molecular flexibility index (Phi) is 5.24. The molecule has 3 N–H and O–H groups in total. The van der Waals surface area contributed by atoms with Gasteiger partial charge < -0.3 is 4.74 Å². The van der Waals surface area contributed by atoms with Gasteiger partial charge in [-0.05, 0) is 12.0 Å². The average Bonchev–Trinajstić information content (AvgIpc) is 2.91. The smallest absolute Gasteiger partial charge is 0.217 e. The Balaban J connectivity index is 2.21. The van der Waals surface area contributed by atoms with E-state index >= 15 is 0 Å². The van der Waals surface area contributed by atoms with Gasteiger partial charge in [-0.1, -0.05) is 19.9 Å². The molecule has 1 atom stereocenters. The summed E-state index contributed by atoms with van der Waals surface area (Å²) in [5, 5.41) is 4.27. The number of nitrogens with two attached hydrogens (primary N) is 1. The molecule has 21 heavy (non-hydrogen) atoms. The Morgan fingerprint density at radius 3 is 2.86 bits per heavy atom. The summed E-state index contributed by atoms with van der Waals surface area (Å²) in [6, 6.07) is 3.67. The first-order chi connectivity index (χ1) is 10.2. The Bertz CT molecular complexity index is 568. The zero-order chi connectivity index (χ0) is 15.2. The van der Waals surface area contributed by atoms with Crippen LogP contribution >= 0.6 is 0 Å². The largest absolute Gasteiger partial charge is 0.481 e. The lowest BCUT2D eigenvalue weighted by molar-refractivity contribution is 0.379. The van der Waals surface area contributed by atoms with Gasteiger partial charge in [0.05, 0.1) is 13.2 Å². The Morgan fingerprint density at radius 2 is 2.19 bits per heavy atom. The van der Waals surface area contributed by atoms with Crippen molar-refractivity contribution in [2.24, 2.45) is 11.8 Å². The van der Waals surface area contributed by atoms with Crippen LogP contribution in [0.2, 0.25) is 0 Å². The van der Waals surface area contributed by atoms with Crippen molar-refractivity contribution in [1.82, 2.24) is 25.2 Å². The van der Waals surface area contributed by atoms with Crippen molar-refractivity contribution in [3.63, 3.8) is 0 Å². The molecule has 114 valence electrons. The van der Waals surface area contributed by atoms with Gasteiger partial charge in [-0.15, -0.1) is 0 Å². The van der Waals surface area contributed by atoms with Crippen LogP contribution in [0, 0.1) is 5.92 Å². The highest BCUT2D eigenvalue weighted by Crippen LogP contribution is 2.24. The van der Waals surface area contributed by atoms with E-state index in [1.807, 2.05) is 16.8 Å². The average molecular weight is 290 g/mol. The third kappa shape index (κ3) is 3.77. The number of methoxy groups -OCH3 is 1.